The first kappa shape index (κ1) is 13.6. The van der Waals surface area contributed by atoms with E-state index in [-0.39, 0.29) is 5.60 Å². The smallest absolute Gasteiger partial charge is 0.0717 e. The van der Waals surface area contributed by atoms with E-state index >= 15 is 0 Å². The van der Waals surface area contributed by atoms with Crippen LogP contribution >= 0.6 is 23.4 Å². The van der Waals surface area contributed by atoms with Gasteiger partial charge in [-0.3, -0.25) is 0 Å². The Morgan fingerprint density at radius 2 is 1.95 bits per heavy atom. The van der Waals surface area contributed by atoms with Crippen LogP contribution in [0.4, 0.5) is 5.69 Å². The molecule has 2 nitrogen and oxygen atoms in total. The predicted octanol–water partition coefficient (Wildman–Crippen LogP) is 4.20. The summed E-state index contributed by atoms with van der Waals surface area (Å²) in [6, 6.07) is 8.52. The normalized spacial score (nSPS) is 26.3. The number of thioether (sulfide) groups is 1. The lowest BCUT2D eigenvalue weighted by atomic mass is 9.85. The molecule has 1 atom stereocenters. The molecule has 1 N–H and O–H groups in total. The van der Waals surface area contributed by atoms with Crippen molar-refractivity contribution < 1.29 is 4.74 Å². The summed E-state index contributed by atoms with van der Waals surface area (Å²) < 4.78 is 6.12. The molecule has 2 heterocycles. The molecule has 3 rings (SSSR count). The predicted molar refractivity (Wildman–Crippen MR) is 83.3 cm³/mol. The highest BCUT2D eigenvalue weighted by molar-refractivity contribution is 7.99. The van der Waals surface area contributed by atoms with Crippen LogP contribution in [0.2, 0.25) is 5.02 Å². The highest BCUT2D eigenvalue weighted by Gasteiger charge is 2.38. The Hall–Kier alpha value is -0.380. The highest BCUT2D eigenvalue weighted by Crippen LogP contribution is 2.38. The monoisotopic (exact) mass is 297 g/mol. The summed E-state index contributed by atoms with van der Waals surface area (Å²) >= 11 is 7.98. The Labute approximate surface area is 124 Å². The molecule has 1 spiro atoms. The molecule has 0 aliphatic carbocycles. The Morgan fingerprint density at radius 3 is 2.68 bits per heavy atom. The van der Waals surface area contributed by atoms with Crippen molar-refractivity contribution in [3.05, 3.63) is 29.3 Å². The van der Waals surface area contributed by atoms with Gasteiger partial charge in [-0.2, -0.15) is 11.8 Å². The summed E-state index contributed by atoms with van der Waals surface area (Å²) in [4.78, 5) is 0. The van der Waals surface area contributed by atoms with Crippen molar-refractivity contribution in [2.45, 2.75) is 37.3 Å². The molecule has 1 unspecified atom stereocenters. The van der Waals surface area contributed by atoms with Gasteiger partial charge in [0.1, 0.15) is 0 Å². The lowest BCUT2D eigenvalue weighted by molar-refractivity contribution is -0.0865. The Morgan fingerprint density at radius 1 is 1.21 bits per heavy atom. The number of rotatable bonds is 2. The maximum absolute atomic E-state index is 6.12. The number of halogens is 1. The molecule has 2 aliphatic heterocycles. The van der Waals surface area contributed by atoms with E-state index in [4.69, 9.17) is 16.3 Å². The van der Waals surface area contributed by atoms with Crippen molar-refractivity contribution in [2.24, 2.45) is 0 Å². The van der Waals surface area contributed by atoms with Gasteiger partial charge < -0.3 is 10.1 Å². The number of ether oxygens (including phenoxy) is 1. The van der Waals surface area contributed by atoms with Gasteiger partial charge in [-0.15, -0.1) is 0 Å². The zero-order valence-corrected chi connectivity index (χ0v) is 12.6. The number of benzene rings is 1. The summed E-state index contributed by atoms with van der Waals surface area (Å²) in [5, 5.41) is 4.42. The Balaban J connectivity index is 1.63. The van der Waals surface area contributed by atoms with Crippen molar-refractivity contribution in [1.82, 2.24) is 0 Å². The highest BCUT2D eigenvalue weighted by atomic mass is 35.5. The minimum Gasteiger partial charge on any atom is -0.382 e. The molecule has 104 valence electrons. The van der Waals surface area contributed by atoms with E-state index in [0.29, 0.717) is 6.04 Å². The van der Waals surface area contributed by atoms with Crippen molar-refractivity contribution >= 4 is 29.1 Å². The van der Waals surface area contributed by atoms with E-state index in [2.05, 4.69) is 29.2 Å². The first-order valence-corrected chi connectivity index (χ1v) is 8.53. The van der Waals surface area contributed by atoms with Crippen LogP contribution in [0.3, 0.4) is 0 Å². The summed E-state index contributed by atoms with van der Waals surface area (Å²) in [5.41, 5.74) is 1.31. The molecule has 4 heteroatoms. The Bertz CT molecular complexity index is 411. The van der Waals surface area contributed by atoms with Crippen molar-refractivity contribution in [2.75, 3.05) is 23.4 Å². The van der Waals surface area contributed by atoms with Crippen LogP contribution in [-0.4, -0.2) is 29.8 Å². The maximum Gasteiger partial charge on any atom is 0.0717 e. The molecule has 2 saturated heterocycles. The second-order valence-electron chi connectivity index (χ2n) is 5.48. The number of anilines is 1. The maximum atomic E-state index is 6.12. The Kier molecular flexibility index (Phi) is 4.25. The average Bonchev–Trinajstić information content (AvgIpc) is 2.42. The quantitative estimate of drug-likeness (QED) is 0.884. The first-order valence-electron chi connectivity index (χ1n) is 7.00. The van der Waals surface area contributed by atoms with Crippen LogP contribution in [0.15, 0.2) is 24.3 Å². The zero-order chi connectivity index (χ0) is 13.1. The van der Waals surface area contributed by atoms with Crippen molar-refractivity contribution in [1.29, 1.82) is 0 Å². The molecule has 2 fully saturated rings. The number of hydrogen-bond donors (Lipinski definition) is 1. The summed E-state index contributed by atoms with van der Waals surface area (Å²) in [5.74, 6) is 2.49. The van der Waals surface area contributed by atoms with Crippen LogP contribution in [0.5, 0.6) is 0 Å². The molecule has 0 radical (unpaired) electrons. The molecular formula is C15H20ClNOS. The molecule has 0 amide bonds. The SMILES string of the molecule is Clc1ccc(NC2CCOC3(CCSCC3)C2)cc1. The largest absolute Gasteiger partial charge is 0.382 e. The van der Waals surface area contributed by atoms with Crippen LogP contribution in [-0.2, 0) is 4.74 Å². The van der Waals surface area contributed by atoms with Crippen LogP contribution in [0.1, 0.15) is 25.7 Å². The second-order valence-corrected chi connectivity index (χ2v) is 7.15. The lowest BCUT2D eigenvalue weighted by Crippen LogP contribution is -2.46. The van der Waals surface area contributed by atoms with E-state index in [9.17, 15) is 0 Å². The van der Waals surface area contributed by atoms with Gasteiger partial charge in [0, 0.05) is 23.4 Å². The van der Waals surface area contributed by atoms with Gasteiger partial charge >= 0.3 is 0 Å². The van der Waals surface area contributed by atoms with Crippen molar-refractivity contribution in [3.8, 4) is 0 Å². The van der Waals surface area contributed by atoms with E-state index < -0.39 is 0 Å². The fraction of sp³-hybridized carbons (Fsp3) is 0.600. The minimum atomic E-state index is 0.146. The minimum absolute atomic E-state index is 0.146. The molecule has 2 aliphatic rings. The molecule has 0 saturated carbocycles. The van der Waals surface area contributed by atoms with Crippen LogP contribution < -0.4 is 5.32 Å². The summed E-state index contributed by atoms with van der Waals surface area (Å²) in [6.45, 7) is 0.885. The standard InChI is InChI=1S/C15H20ClNOS/c16-12-1-3-13(4-2-12)17-14-5-8-18-15(11-14)6-9-19-10-7-15/h1-4,14,17H,5-11H2. The summed E-state index contributed by atoms with van der Waals surface area (Å²) in [7, 11) is 0. The van der Waals surface area contributed by atoms with Crippen molar-refractivity contribution in [3.63, 3.8) is 0 Å². The summed E-state index contributed by atoms with van der Waals surface area (Å²) in [6.07, 6.45) is 4.64. The van der Waals surface area contributed by atoms with Gasteiger partial charge in [0.2, 0.25) is 0 Å². The molecule has 19 heavy (non-hydrogen) atoms. The zero-order valence-electron chi connectivity index (χ0n) is 11.0. The van der Waals surface area contributed by atoms with Gasteiger partial charge in [0.25, 0.3) is 0 Å². The number of hydrogen-bond acceptors (Lipinski definition) is 3. The van der Waals surface area contributed by atoms with Gasteiger partial charge in [-0.1, -0.05) is 11.6 Å². The van der Waals surface area contributed by atoms with Crippen LogP contribution in [0.25, 0.3) is 0 Å². The molecule has 0 aromatic heterocycles. The number of nitrogens with one attached hydrogen (secondary N) is 1. The van der Waals surface area contributed by atoms with Gasteiger partial charge in [0.15, 0.2) is 0 Å². The van der Waals surface area contributed by atoms with E-state index in [1.54, 1.807) is 0 Å². The molecular weight excluding hydrogens is 278 g/mol. The van der Waals surface area contributed by atoms with Crippen LogP contribution in [0, 0.1) is 0 Å². The van der Waals surface area contributed by atoms with E-state index in [0.717, 1.165) is 30.2 Å². The third-order valence-corrected chi connectivity index (χ3v) is 5.35. The fourth-order valence-corrected chi connectivity index (χ4v) is 4.39. The van der Waals surface area contributed by atoms with E-state index in [1.807, 2.05) is 12.1 Å². The topological polar surface area (TPSA) is 21.3 Å². The molecule has 0 bridgehead atoms. The van der Waals surface area contributed by atoms with Gasteiger partial charge in [0.05, 0.1) is 5.60 Å². The van der Waals surface area contributed by atoms with Gasteiger partial charge in [-0.25, -0.2) is 0 Å². The molecule has 1 aromatic carbocycles. The third kappa shape index (κ3) is 3.39. The lowest BCUT2D eigenvalue weighted by Gasteiger charge is -2.43. The fourth-order valence-electron chi connectivity index (χ4n) is 3.02. The average molecular weight is 298 g/mol. The third-order valence-electron chi connectivity index (χ3n) is 4.11. The van der Waals surface area contributed by atoms with E-state index in [1.165, 1.54) is 24.3 Å². The first-order chi connectivity index (χ1) is 9.26. The molecule has 1 aromatic rings. The van der Waals surface area contributed by atoms with Gasteiger partial charge in [-0.05, 0) is 61.5 Å². The second kappa shape index (κ2) is 5.94.